The Kier molecular flexibility index (Phi) is 3.93. The number of fused-ring (bicyclic) bond motifs is 3. The summed E-state index contributed by atoms with van der Waals surface area (Å²) in [5.41, 5.74) is 3.94. The summed E-state index contributed by atoms with van der Waals surface area (Å²) in [6.07, 6.45) is 3.92. The van der Waals surface area contributed by atoms with Crippen LogP contribution < -0.4 is 4.74 Å². The van der Waals surface area contributed by atoms with Gasteiger partial charge in [-0.2, -0.15) is 5.10 Å². The van der Waals surface area contributed by atoms with Crippen LogP contribution in [0.1, 0.15) is 35.4 Å². The van der Waals surface area contributed by atoms with Crippen molar-refractivity contribution in [3.05, 3.63) is 94.0 Å². The van der Waals surface area contributed by atoms with Gasteiger partial charge in [0.05, 0.1) is 11.8 Å². The second-order valence-corrected chi connectivity index (χ2v) is 7.50. The first-order valence-corrected chi connectivity index (χ1v) is 9.46. The molecule has 3 heterocycles. The van der Waals surface area contributed by atoms with Crippen molar-refractivity contribution in [2.75, 3.05) is 0 Å². The van der Waals surface area contributed by atoms with Crippen LogP contribution in [-0.2, 0) is 0 Å². The third kappa shape index (κ3) is 2.90. The molecule has 4 nitrogen and oxygen atoms in total. The van der Waals surface area contributed by atoms with E-state index in [0.717, 1.165) is 39.0 Å². The number of hydrazone groups is 1. The number of aromatic nitrogens is 1. The molecule has 0 spiro atoms. The van der Waals surface area contributed by atoms with Crippen LogP contribution in [-0.4, -0.2) is 15.7 Å². The predicted molar refractivity (Wildman–Crippen MR) is 104 cm³/mol. The Morgan fingerprint density at radius 1 is 1.04 bits per heavy atom. The molecule has 0 N–H and O–H groups in total. The third-order valence-electron chi connectivity index (χ3n) is 4.92. The van der Waals surface area contributed by atoms with Gasteiger partial charge in [0.2, 0.25) is 6.23 Å². The van der Waals surface area contributed by atoms with Crippen LogP contribution in [0.2, 0.25) is 0 Å². The number of pyridine rings is 1. The Balaban J connectivity index is 1.60. The fourth-order valence-corrected chi connectivity index (χ4v) is 4.00. The van der Waals surface area contributed by atoms with Crippen LogP contribution in [0.25, 0.3) is 0 Å². The average molecular weight is 424 g/mol. The molecule has 0 bridgehead atoms. The highest BCUT2D eigenvalue weighted by Crippen LogP contribution is 2.48. The van der Waals surface area contributed by atoms with Gasteiger partial charge < -0.3 is 4.74 Å². The van der Waals surface area contributed by atoms with Crippen molar-refractivity contribution in [1.82, 2.24) is 9.99 Å². The van der Waals surface area contributed by atoms with E-state index in [1.165, 1.54) is 12.1 Å². The molecule has 2 aliphatic rings. The fraction of sp³-hybridized carbons (Fsp3) is 0.143. The standard InChI is InChI=1S/C21H15BrFN3O/c22-15-3-6-20-17(11-15)19-12-18(13-1-4-16(23)5-2-13)25-26(19)21(27-20)14-7-9-24-10-8-14/h1-11,19,21H,12H2/t19-,21-/m0/s1. The molecule has 2 aromatic carbocycles. The maximum Gasteiger partial charge on any atom is 0.213 e. The van der Waals surface area contributed by atoms with Crippen molar-refractivity contribution in [2.24, 2.45) is 5.10 Å². The zero-order valence-corrected chi connectivity index (χ0v) is 15.8. The summed E-state index contributed by atoms with van der Waals surface area (Å²) >= 11 is 3.55. The van der Waals surface area contributed by atoms with Crippen molar-refractivity contribution in [1.29, 1.82) is 0 Å². The minimum absolute atomic E-state index is 0.0597. The van der Waals surface area contributed by atoms with E-state index in [9.17, 15) is 4.39 Å². The topological polar surface area (TPSA) is 37.7 Å². The number of benzene rings is 2. The quantitative estimate of drug-likeness (QED) is 0.566. The lowest BCUT2D eigenvalue weighted by Gasteiger charge is -2.38. The first-order chi connectivity index (χ1) is 13.2. The molecular formula is C21H15BrFN3O. The molecule has 1 aromatic heterocycles. The minimum atomic E-state index is -0.329. The maximum absolute atomic E-state index is 13.3. The van der Waals surface area contributed by atoms with Crippen molar-refractivity contribution >= 4 is 21.6 Å². The molecule has 3 aromatic rings. The second-order valence-electron chi connectivity index (χ2n) is 6.59. The summed E-state index contributed by atoms with van der Waals surface area (Å²) in [6, 6.07) is 16.5. The summed E-state index contributed by atoms with van der Waals surface area (Å²) in [5.74, 6) is 0.610. The average Bonchev–Trinajstić information content (AvgIpc) is 3.14. The van der Waals surface area contributed by atoms with E-state index in [2.05, 4.69) is 27.0 Å². The molecule has 0 amide bonds. The number of hydrogen-bond donors (Lipinski definition) is 0. The van der Waals surface area contributed by atoms with E-state index in [4.69, 9.17) is 9.84 Å². The zero-order valence-electron chi connectivity index (χ0n) is 14.2. The first kappa shape index (κ1) is 16.4. The van der Waals surface area contributed by atoms with E-state index < -0.39 is 0 Å². The SMILES string of the molecule is Fc1ccc(C2=NN3[C@@H](C2)c2cc(Br)ccc2O[C@H]3c2ccncc2)cc1. The van der Waals surface area contributed by atoms with Crippen LogP contribution >= 0.6 is 15.9 Å². The molecular weight excluding hydrogens is 409 g/mol. The van der Waals surface area contributed by atoms with Gasteiger partial charge in [-0.1, -0.05) is 28.1 Å². The Labute approximate surface area is 164 Å². The van der Waals surface area contributed by atoms with Gasteiger partial charge >= 0.3 is 0 Å². The van der Waals surface area contributed by atoms with Gasteiger partial charge in [-0.15, -0.1) is 0 Å². The Bertz CT molecular complexity index is 1020. The largest absolute Gasteiger partial charge is 0.464 e. The zero-order chi connectivity index (χ0) is 18.4. The van der Waals surface area contributed by atoms with Gasteiger partial charge in [0, 0.05) is 34.4 Å². The smallest absolute Gasteiger partial charge is 0.213 e. The Morgan fingerprint density at radius 3 is 2.59 bits per heavy atom. The predicted octanol–water partition coefficient (Wildman–Crippen LogP) is 5.23. The monoisotopic (exact) mass is 423 g/mol. The molecule has 0 saturated carbocycles. The number of ether oxygens (including phenoxy) is 1. The number of nitrogens with zero attached hydrogens (tertiary/aromatic N) is 3. The summed E-state index contributed by atoms with van der Waals surface area (Å²) in [6.45, 7) is 0. The van der Waals surface area contributed by atoms with Gasteiger partial charge in [0.1, 0.15) is 11.6 Å². The summed E-state index contributed by atoms with van der Waals surface area (Å²) < 4.78 is 20.6. The van der Waals surface area contributed by atoms with E-state index in [1.54, 1.807) is 24.5 Å². The van der Waals surface area contributed by atoms with Crippen LogP contribution in [0.3, 0.4) is 0 Å². The van der Waals surface area contributed by atoms with Crippen molar-refractivity contribution < 1.29 is 9.13 Å². The lowest BCUT2D eigenvalue weighted by molar-refractivity contribution is -0.0191. The van der Waals surface area contributed by atoms with E-state index >= 15 is 0 Å². The molecule has 0 saturated heterocycles. The van der Waals surface area contributed by atoms with Crippen LogP contribution in [0.5, 0.6) is 5.75 Å². The first-order valence-electron chi connectivity index (χ1n) is 8.67. The van der Waals surface area contributed by atoms with Crippen molar-refractivity contribution in [3.8, 4) is 5.75 Å². The van der Waals surface area contributed by atoms with Crippen LogP contribution in [0, 0.1) is 5.82 Å². The van der Waals surface area contributed by atoms with Gasteiger partial charge in [-0.25, -0.2) is 9.40 Å². The Hall–Kier alpha value is -2.73. The number of rotatable bonds is 2. The normalized spacial score (nSPS) is 20.5. The van der Waals surface area contributed by atoms with Crippen LogP contribution in [0.15, 0.2) is 76.6 Å². The lowest BCUT2D eigenvalue weighted by atomic mass is 9.96. The lowest BCUT2D eigenvalue weighted by Crippen LogP contribution is -2.33. The maximum atomic E-state index is 13.3. The molecule has 5 rings (SSSR count). The molecule has 2 atom stereocenters. The second kappa shape index (κ2) is 6.46. The molecule has 134 valence electrons. The number of hydrogen-bond acceptors (Lipinski definition) is 4. The van der Waals surface area contributed by atoms with E-state index in [1.807, 2.05) is 29.3 Å². The highest BCUT2D eigenvalue weighted by molar-refractivity contribution is 9.10. The van der Waals surface area contributed by atoms with E-state index in [-0.39, 0.29) is 18.1 Å². The Morgan fingerprint density at radius 2 is 1.81 bits per heavy atom. The summed E-state index contributed by atoms with van der Waals surface area (Å²) in [4.78, 5) is 4.10. The molecule has 0 radical (unpaired) electrons. The molecule has 6 heteroatoms. The van der Waals surface area contributed by atoms with Crippen molar-refractivity contribution in [2.45, 2.75) is 18.7 Å². The summed E-state index contributed by atoms with van der Waals surface area (Å²) in [5, 5.41) is 6.87. The molecule has 27 heavy (non-hydrogen) atoms. The van der Waals surface area contributed by atoms with E-state index in [0.29, 0.717) is 0 Å². The highest BCUT2D eigenvalue weighted by atomic mass is 79.9. The van der Waals surface area contributed by atoms with Gasteiger partial charge in [-0.05, 0) is 48.0 Å². The minimum Gasteiger partial charge on any atom is -0.464 e. The van der Waals surface area contributed by atoms with Gasteiger partial charge in [0.25, 0.3) is 0 Å². The van der Waals surface area contributed by atoms with Gasteiger partial charge in [0.15, 0.2) is 0 Å². The molecule has 0 aliphatic carbocycles. The number of halogens is 2. The molecule has 0 unspecified atom stereocenters. The van der Waals surface area contributed by atoms with Crippen molar-refractivity contribution in [3.63, 3.8) is 0 Å². The summed E-state index contributed by atoms with van der Waals surface area (Å²) in [7, 11) is 0. The highest BCUT2D eigenvalue weighted by Gasteiger charge is 2.41. The van der Waals surface area contributed by atoms with Gasteiger partial charge in [-0.3, -0.25) is 4.98 Å². The third-order valence-corrected chi connectivity index (χ3v) is 5.41. The molecule has 0 fully saturated rings. The fourth-order valence-electron chi connectivity index (χ4n) is 3.62. The molecule has 2 aliphatic heterocycles. The van der Waals surface area contributed by atoms with Crippen LogP contribution in [0.4, 0.5) is 4.39 Å².